The molecule has 0 fully saturated rings. The third kappa shape index (κ3) is 5.42. The molecule has 29 heavy (non-hydrogen) atoms. The van der Waals surface area contributed by atoms with Gasteiger partial charge in [0, 0.05) is 23.8 Å². The van der Waals surface area contributed by atoms with Crippen molar-refractivity contribution >= 4 is 35.4 Å². The molecular formula is C23H23ClN4O. The average molecular weight is 407 g/mol. The van der Waals surface area contributed by atoms with E-state index >= 15 is 0 Å². The highest BCUT2D eigenvalue weighted by Crippen LogP contribution is 2.20. The summed E-state index contributed by atoms with van der Waals surface area (Å²) < 4.78 is 0. The average Bonchev–Trinajstić information content (AvgIpc) is 2.74. The molecule has 0 aliphatic rings. The maximum Gasteiger partial charge on any atom is 0.252 e. The number of hydrogen-bond donors (Lipinski definition) is 1. The van der Waals surface area contributed by atoms with Gasteiger partial charge in [0.15, 0.2) is 0 Å². The van der Waals surface area contributed by atoms with Gasteiger partial charge in [-0.15, -0.1) is 0 Å². The Morgan fingerprint density at radius 2 is 1.86 bits per heavy atom. The second-order valence-corrected chi connectivity index (χ2v) is 6.86. The topological polar surface area (TPSA) is 58.1 Å². The second-order valence-electron chi connectivity index (χ2n) is 6.45. The second kappa shape index (κ2) is 9.85. The van der Waals surface area contributed by atoms with Crippen LogP contribution in [0.1, 0.15) is 31.0 Å². The van der Waals surface area contributed by atoms with Crippen LogP contribution in [-0.2, 0) is 4.79 Å². The van der Waals surface area contributed by atoms with E-state index in [2.05, 4.69) is 15.3 Å². The van der Waals surface area contributed by atoms with Gasteiger partial charge in [-0.2, -0.15) is 4.98 Å². The Morgan fingerprint density at radius 1 is 1.14 bits per heavy atom. The highest BCUT2D eigenvalue weighted by molar-refractivity contribution is 6.32. The van der Waals surface area contributed by atoms with Crippen LogP contribution in [0.5, 0.6) is 0 Å². The normalized spacial score (nSPS) is 12.0. The van der Waals surface area contributed by atoms with Gasteiger partial charge in [-0.25, -0.2) is 4.98 Å². The Morgan fingerprint density at radius 3 is 2.59 bits per heavy atom. The number of carbonyl (C=O) groups is 1. The Labute approximate surface area is 176 Å². The molecule has 5 nitrogen and oxygen atoms in total. The minimum atomic E-state index is -0.173. The third-order valence-electron chi connectivity index (χ3n) is 4.46. The summed E-state index contributed by atoms with van der Waals surface area (Å²) in [7, 11) is 0. The van der Waals surface area contributed by atoms with E-state index in [1.54, 1.807) is 29.3 Å². The number of nitrogens with one attached hydrogen (secondary N) is 1. The van der Waals surface area contributed by atoms with E-state index in [4.69, 9.17) is 11.6 Å². The number of benzene rings is 2. The lowest BCUT2D eigenvalue weighted by atomic mass is 10.1. The van der Waals surface area contributed by atoms with E-state index in [1.165, 1.54) is 6.08 Å². The first-order valence-electron chi connectivity index (χ1n) is 9.47. The van der Waals surface area contributed by atoms with Gasteiger partial charge in [0.1, 0.15) is 5.82 Å². The van der Waals surface area contributed by atoms with Gasteiger partial charge < -0.3 is 5.32 Å². The molecule has 1 N–H and O–H groups in total. The highest BCUT2D eigenvalue weighted by Gasteiger charge is 2.14. The lowest BCUT2D eigenvalue weighted by Gasteiger charge is -2.20. The Balaban J connectivity index is 1.75. The van der Waals surface area contributed by atoms with Crippen molar-refractivity contribution in [2.24, 2.45) is 0 Å². The SMILES string of the molecule is CCN(C(=O)/C=C/c1ccccc1Cl)c1ccnc(N[C@@H](C)c2ccccc2)n1. The smallest absolute Gasteiger partial charge is 0.252 e. The van der Waals surface area contributed by atoms with E-state index in [1.807, 2.05) is 62.4 Å². The number of amides is 1. The quantitative estimate of drug-likeness (QED) is 0.536. The molecule has 6 heteroatoms. The molecule has 148 valence electrons. The van der Waals surface area contributed by atoms with Crippen LogP contribution in [0.15, 0.2) is 72.9 Å². The van der Waals surface area contributed by atoms with Gasteiger partial charge in [-0.3, -0.25) is 9.69 Å². The van der Waals surface area contributed by atoms with Crippen molar-refractivity contribution in [3.8, 4) is 0 Å². The van der Waals surface area contributed by atoms with Gasteiger partial charge in [-0.1, -0.05) is 60.1 Å². The maximum absolute atomic E-state index is 12.7. The number of likely N-dealkylation sites (N-methyl/N-ethyl adjacent to an activating group) is 1. The van der Waals surface area contributed by atoms with Crippen LogP contribution in [-0.4, -0.2) is 22.4 Å². The van der Waals surface area contributed by atoms with Crippen molar-refractivity contribution in [1.29, 1.82) is 0 Å². The Hall–Kier alpha value is -3.18. The fraction of sp³-hybridized carbons (Fsp3) is 0.174. The minimum Gasteiger partial charge on any atom is -0.348 e. The summed E-state index contributed by atoms with van der Waals surface area (Å²) in [6, 6.07) is 19.2. The summed E-state index contributed by atoms with van der Waals surface area (Å²) in [5, 5.41) is 3.89. The van der Waals surface area contributed by atoms with Crippen molar-refractivity contribution < 1.29 is 4.79 Å². The van der Waals surface area contributed by atoms with Crippen LogP contribution in [0.25, 0.3) is 6.08 Å². The summed E-state index contributed by atoms with van der Waals surface area (Å²) in [5.41, 5.74) is 1.92. The van der Waals surface area contributed by atoms with Crippen molar-refractivity contribution in [1.82, 2.24) is 9.97 Å². The predicted octanol–water partition coefficient (Wildman–Crippen LogP) is 5.37. The molecule has 1 heterocycles. The lowest BCUT2D eigenvalue weighted by molar-refractivity contribution is -0.114. The molecule has 3 aromatic rings. The molecule has 0 radical (unpaired) electrons. The molecule has 3 rings (SSSR count). The molecule has 1 atom stereocenters. The van der Waals surface area contributed by atoms with Crippen LogP contribution in [0.4, 0.5) is 11.8 Å². The number of anilines is 2. The molecule has 0 saturated heterocycles. The van der Waals surface area contributed by atoms with Crippen LogP contribution >= 0.6 is 11.6 Å². The summed E-state index contributed by atoms with van der Waals surface area (Å²) >= 11 is 6.15. The van der Waals surface area contributed by atoms with Crippen molar-refractivity contribution in [3.63, 3.8) is 0 Å². The minimum absolute atomic E-state index is 0.0392. The summed E-state index contributed by atoms with van der Waals surface area (Å²) in [6.45, 7) is 4.43. The van der Waals surface area contributed by atoms with Gasteiger partial charge in [0.25, 0.3) is 5.91 Å². The fourth-order valence-electron chi connectivity index (χ4n) is 2.88. The van der Waals surface area contributed by atoms with E-state index in [9.17, 15) is 4.79 Å². The molecule has 2 aromatic carbocycles. The van der Waals surface area contributed by atoms with Crippen LogP contribution in [0.2, 0.25) is 5.02 Å². The molecular weight excluding hydrogens is 384 g/mol. The van der Waals surface area contributed by atoms with Crippen LogP contribution in [0, 0.1) is 0 Å². The molecule has 0 unspecified atom stereocenters. The third-order valence-corrected chi connectivity index (χ3v) is 4.80. The number of carbonyl (C=O) groups excluding carboxylic acids is 1. The van der Waals surface area contributed by atoms with Crippen molar-refractivity contribution in [3.05, 3.63) is 89.1 Å². The first kappa shape index (κ1) is 20.6. The van der Waals surface area contributed by atoms with E-state index in [0.717, 1.165) is 11.1 Å². The lowest BCUT2D eigenvalue weighted by Crippen LogP contribution is -2.30. The number of nitrogens with zero attached hydrogens (tertiary/aromatic N) is 3. The summed E-state index contributed by atoms with van der Waals surface area (Å²) in [6.07, 6.45) is 4.87. The Kier molecular flexibility index (Phi) is 6.98. The number of hydrogen-bond acceptors (Lipinski definition) is 4. The van der Waals surface area contributed by atoms with E-state index < -0.39 is 0 Å². The van der Waals surface area contributed by atoms with Crippen molar-refractivity contribution in [2.75, 3.05) is 16.8 Å². The Bertz CT molecular complexity index is 991. The van der Waals surface area contributed by atoms with Gasteiger partial charge >= 0.3 is 0 Å². The molecule has 0 aliphatic heterocycles. The van der Waals surface area contributed by atoms with Crippen LogP contribution in [0.3, 0.4) is 0 Å². The molecule has 0 aliphatic carbocycles. The zero-order valence-corrected chi connectivity index (χ0v) is 17.2. The number of aromatic nitrogens is 2. The molecule has 0 spiro atoms. The first-order valence-corrected chi connectivity index (χ1v) is 9.85. The van der Waals surface area contributed by atoms with Gasteiger partial charge in [0.2, 0.25) is 5.95 Å². The van der Waals surface area contributed by atoms with Gasteiger partial charge in [-0.05, 0) is 43.2 Å². The first-order chi connectivity index (χ1) is 14.1. The zero-order chi connectivity index (χ0) is 20.6. The largest absolute Gasteiger partial charge is 0.348 e. The monoisotopic (exact) mass is 406 g/mol. The zero-order valence-electron chi connectivity index (χ0n) is 16.4. The van der Waals surface area contributed by atoms with Gasteiger partial charge in [0.05, 0.1) is 6.04 Å². The maximum atomic E-state index is 12.7. The molecule has 1 aromatic heterocycles. The summed E-state index contributed by atoms with van der Waals surface area (Å²) in [4.78, 5) is 23.1. The number of rotatable bonds is 7. The van der Waals surface area contributed by atoms with E-state index in [0.29, 0.717) is 23.3 Å². The number of halogens is 1. The van der Waals surface area contributed by atoms with E-state index in [-0.39, 0.29) is 11.9 Å². The molecule has 0 saturated carbocycles. The molecule has 0 bridgehead atoms. The fourth-order valence-corrected chi connectivity index (χ4v) is 3.08. The molecule has 1 amide bonds. The standard InChI is InChI=1S/C23H23ClN4O/c1-3-28(22(29)14-13-19-11-7-8-12-20(19)24)21-15-16-25-23(27-21)26-17(2)18-9-5-4-6-10-18/h4-17H,3H2,1-2H3,(H,25,26,27)/b14-13+/t17-/m0/s1. The summed E-state index contributed by atoms with van der Waals surface area (Å²) in [5.74, 6) is 0.840. The van der Waals surface area contributed by atoms with Crippen LogP contribution < -0.4 is 10.2 Å². The predicted molar refractivity (Wildman–Crippen MR) is 119 cm³/mol. The van der Waals surface area contributed by atoms with Crippen molar-refractivity contribution in [2.45, 2.75) is 19.9 Å². The highest BCUT2D eigenvalue weighted by atomic mass is 35.5.